The molecule has 7 heteroatoms. The van der Waals surface area contributed by atoms with Gasteiger partial charge in [0.15, 0.2) is 5.11 Å². The van der Waals surface area contributed by atoms with Gasteiger partial charge in [0.25, 0.3) is 0 Å². The zero-order valence-corrected chi connectivity index (χ0v) is 19.0. The van der Waals surface area contributed by atoms with Crippen LogP contribution in [0.1, 0.15) is 61.5 Å². The van der Waals surface area contributed by atoms with Crippen molar-refractivity contribution in [1.82, 2.24) is 24.7 Å². The van der Waals surface area contributed by atoms with Crippen LogP contribution in [0.4, 0.5) is 0 Å². The third kappa shape index (κ3) is 4.64. The SMILES string of the molecule is S=C1N[C@H](c2ccccn2)[C@@H](c2ccn(C3CCCCC3)c2)N1CCN1CCOCC1. The van der Waals surface area contributed by atoms with Crippen molar-refractivity contribution in [1.29, 1.82) is 0 Å². The lowest BCUT2D eigenvalue weighted by molar-refractivity contribution is 0.0350. The Hall–Kier alpha value is -1.96. The quantitative estimate of drug-likeness (QED) is 0.693. The third-order valence-electron chi connectivity index (χ3n) is 7.03. The van der Waals surface area contributed by atoms with Gasteiger partial charge in [0.2, 0.25) is 0 Å². The molecule has 0 radical (unpaired) electrons. The van der Waals surface area contributed by atoms with Gasteiger partial charge in [0.1, 0.15) is 0 Å². The summed E-state index contributed by atoms with van der Waals surface area (Å²) >= 11 is 5.83. The predicted octanol–water partition coefficient (Wildman–Crippen LogP) is 3.69. The highest BCUT2D eigenvalue weighted by Gasteiger charge is 2.40. The van der Waals surface area contributed by atoms with E-state index in [4.69, 9.17) is 17.0 Å². The molecular formula is C24H33N5OS. The summed E-state index contributed by atoms with van der Waals surface area (Å²) in [5.74, 6) is 0. The molecule has 2 atom stereocenters. The molecule has 0 unspecified atom stereocenters. The first-order chi connectivity index (χ1) is 15.3. The summed E-state index contributed by atoms with van der Waals surface area (Å²) in [6, 6.07) is 9.31. The van der Waals surface area contributed by atoms with Crippen molar-refractivity contribution >= 4 is 17.3 Å². The highest BCUT2D eigenvalue weighted by Crippen LogP contribution is 2.39. The molecule has 1 aliphatic carbocycles. The Morgan fingerprint density at radius 1 is 1.06 bits per heavy atom. The van der Waals surface area contributed by atoms with E-state index in [0.717, 1.165) is 50.2 Å². The van der Waals surface area contributed by atoms with Crippen LogP contribution in [0.2, 0.25) is 0 Å². The Balaban J connectivity index is 1.39. The lowest BCUT2D eigenvalue weighted by atomic mass is 9.95. The number of thiocarbonyl (C=S) groups is 1. The number of aromatic nitrogens is 2. The van der Waals surface area contributed by atoms with Gasteiger partial charge < -0.3 is 19.5 Å². The third-order valence-corrected chi connectivity index (χ3v) is 7.39. The molecule has 2 aromatic heterocycles. The van der Waals surface area contributed by atoms with Crippen LogP contribution in [0.15, 0.2) is 42.9 Å². The minimum atomic E-state index is 0.0700. The maximum absolute atomic E-state index is 5.83. The topological polar surface area (TPSA) is 45.6 Å². The zero-order valence-electron chi connectivity index (χ0n) is 18.2. The van der Waals surface area contributed by atoms with Gasteiger partial charge in [0.05, 0.1) is 31.0 Å². The minimum absolute atomic E-state index is 0.0700. The predicted molar refractivity (Wildman–Crippen MR) is 126 cm³/mol. The maximum atomic E-state index is 5.83. The van der Waals surface area contributed by atoms with Gasteiger partial charge in [-0.2, -0.15) is 0 Å². The van der Waals surface area contributed by atoms with E-state index in [1.807, 2.05) is 12.3 Å². The average Bonchev–Trinajstić information content (AvgIpc) is 3.44. The van der Waals surface area contributed by atoms with E-state index in [0.29, 0.717) is 6.04 Å². The number of pyridine rings is 1. The Morgan fingerprint density at radius 3 is 2.68 bits per heavy atom. The van der Waals surface area contributed by atoms with E-state index in [2.05, 4.69) is 55.3 Å². The normalized spacial score (nSPS) is 25.7. The maximum Gasteiger partial charge on any atom is 0.170 e. The van der Waals surface area contributed by atoms with Crippen molar-refractivity contribution in [2.45, 2.75) is 50.2 Å². The van der Waals surface area contributed by atoms with Crippen LogP contribution in [0, 0.1) is 0 Å². The van der Waals surface area contributed by atoms with Crippen LogP contribution < -0.4 is 5.32 Å². The van der Waals surface area contributed by atoms with Crippen LogP contribution in [0.25, 0.3) is 0 Å². The molecule has 0 aromatic carbocycles. The first-order valence-electron chi connectivity index (χ1n) is 11.7. The van der Waals surface area contributed by atoms with Gasteiger partial charge in [-0.05, 0) is 48.8 Å². The van der Waals surface area contributed by atoms with Crippen LogP contribution in [-0.2, 0) is 4.74 Å². The van der Waals surface area contributed by atoms with Crippen molar-refractivity contribution in [3.63, 3.8) is 0 Å². The van der Waals surface area contributed by atoms with E-state index < -0.39 is 0 Å². The van der Waals surface area contributed by atoms with E-state index in [1.165, 1.54) is 37.7 Å². The van der Waals surface area contributed by atoms with Crippen LogP contribution in [-0.4, -0.2) is 63.9 Å². The fourth-order valence-electron chi connectivity index (χ4n) is 5.30. The van der Waals surface area contributed by atoms with Crippen molar-refractivity contribution < 1.29 is 4.74 Å². The van der Waals surface area contributed by atoms with Gasteiger partial charge in [-0.25, -0.2) is 0 Å². The lowest BCUT2D eigenvalue weighted by Gasteiger charge is -2.32. The first kappa shape index (κ1) is 20.9. The van der Waals surface area contributed by atoms with Gasteiger partial charge in [-0.15, -0.1) is 0 Å². The Bertz CT molecular complexity index is 860. The second-order valence-corrected chi connectivity index (χ2v) is 9.34. The molecule has 3 fully saturated rings. The molecule has 3 aliphatic rings. The summed E-state index contributed by atoms with van der Waals surface area (Å²) in [5, 5.41) is 4.42. The van der Waals surface area contributed by atoms with E-state index in [9.17, 15) is 0 Å². The molecule has 5 rings (SSSR count). The molecule has 31 heavy (non-hydrogen) atoms. The summed E-state index contributed by atoms with van der Waals surface area (Å²) in [6.45, 7) is 5.56. The van der Waals surface area contributed by atoms with E-state index in [-0.39, 0.29) is 12.1 Å². The number of rotatable bonds is 6. The van der Waals surface area contributed by atoms with Crippen LogP contribution in [0.5, 0.6) is 0 Å². The highest BCUT2D eigenvalue weighted by atomic mass is 32.1. The molecule has 0 bridgehead atoms. The molecule has 2 saturated heterocycles. The second kappa shape index (κ2) is 9.67. The van der Waals surface area contributed by atoms with Gasteiger partial charge >= 0.3 is 0 Å². The summed E-state index contributed by atoms with van der Waals surface area (Å²) in [4.78, 5) is 9.53. The zero-order chi connectivity index (χ0) is 21.0. The number of nitrogens with zero attached hydrogens (tertiary/aromatic N) is 4. The molecule has 2 aromatic rings. The Morgan fingerprint density at radius 2 is 1.90 bits per heavy atom. The molecule has 2 aliphatic heterocycles. The molecule has 6 nitrogen and oxygen atoms in total. The van der Waals surface area contributed by atoms with E-state index in [1.54, 1.807) is 0 Å². The molecule has 4 heterocycles. The van der Waals surface area contributed by atoms with Crippen LogP contribution in [0.3, 0.4) is 0 Å². The van der Waals surface area contributed by atoms with E-state index >= 15 is 0 Å². The number of hydrogen-bond acceptors (Lipinski definition) is 4. The Labute approximate surface area is 190 Å². The Kier molecular flexibility index (Phi) is 6.53. The fourth-order valence-corrected chi connectivity index (χ4v) is 5.63. The average molecular weight is 440 g/mol. The first-order valence-corrected chi connectivity index (χ1v) is 12.2. The highest BCUT2D eigenvalue weighted by molar-refractivity contribution is 7.80. The fraction of sp³-hybridized carbons (Fsp3) is 0.583. The monoisotopic (exact) mass is 439 g/mol. The molecule has 166 valence electrons. The van der Waals surface area contributed by atoms with Crippen molar-refractivity contribution in [3.8, 4) is 0 Å². The number of nitrogens with one attached hydrogen (secondary N) is 1. The van der Waals surface area contributed by atoms with Crippen molar-refractivity contribution in [2.24, 2.45) is 0 Å². The van der Waals surface area contributed by atoms with Crippen molar-refractivity contribution in [3.05, 3.63) is 54.1 Å². The molecule has 0 spiro atoms. The summed E-state index contributed by atoms with van der Waals surface area (Å²) in [6.07, 6.45) is 13.2. The second-order valence-electron chi connectivity index (χ2n) is 8.96. The lowest BCUT2D eigenvalue weighted by Crippen LogP contribution is -2.42. The van der Waals surface area contributed by atoms with Crippen LogP contribution >= 0.6 is 12.2 Å². The number of ether oxygens (including phenoxy) is 1. The minimum Gasteiger partial charge on any atom is -0.379 e. The molecule has 0 amide bonds. The number of morpholine rings is 1. The molecule has 1 N–H and O–H groups in total. The van der Waals surface area contributed by atoms with Crippen molar-refractivity contribution in [2.75, 3.05) is 39.4 Å². The molecular weight excluding hydrogens is 406 g/mol. The molecule has 1 saturated carbocycles. The summed E-state index contributed by atoms with van der Waals surface area (Å²) < 4.78 is 7.96. The standard InChI is InChI=1S/C24H33N5OS/c31-24-26-22(21-8-4-5-10-25-21)23(29(24)13-12-27-14-16-30-17-15-27)19-9-11-28(18-19)20-6-2-1-3-7-20/h4-5,8-11,18,20,22-23H,1-3,6-7,12-17H2,(H,26,31)/t22-,23-/m1/s1. The summed E-state index contributed by atoms with van der Waals surface area (Å²) in [5.41, 5.74) is 2.38. The largest absolute Gasteiger partial charge is 0.379 e. The van der Waals surface area contributed by atoms with Gasteiger partial charge in [0, 0.05) is 50.8 Å². The summed E-state index contributed by atoms with van der Waals surface area (Å²) in [7, 11) is 0. The smallest absolute Gasteiger partial charge is 0.170 e. The van der Waals surface area contributed by atoms with Gasteiger partial charge in [-0.3, -0.25) is 9.88 Å². The number of hydrogen-bond donors (Lipinski definition) is 1. The van der Waals surface area contributed by atoms with Gasteiger partial charge in [-0.1, -0.05) is 25.3 Å².